The predicted molar refractivity (Wildman–Crippen MR) is 81.2 cm³/mol. The summed E-state index contributed by atoms with van der Waals surface area (Å²) in [6.45, 7) is 4.51. The molecule has 0 spiro atoms. The van der Waals surface area contributed by atoms with Gasteiger partial charge in [0, 0.05) is 0 Å². The number of carbonyl (C=O) groups excluding carboxylic acids is 1. The Labute approximate surface area is 126 Å². The van der Waals surface area contributed by atoms with E-state index >= 15 is 0 Å². The molecule has 1 aromatic carbocycles. The van der Waals surface area contributed by atoms with Gasteiger partial charge in [-0.15, -0.1) is 0 Å². The molecule has 5 heteroatoms. The molecule has 0 aliphatic rings. The Kier molecular flexibility index (Phi) is 7.19. The van der Waals surface area contributed by atoms with Crippen LogP contribution in [-0.4, -0.2) is 36.9 Å². The van der Waals surface area contributed by atoms with Gasteiger partial charge in [0.25, 0.3) is 0 Å². The van der Waals surface area contributed by atoms with Crippen molar-refractivity contribution in [3.63, 3.8) is 0 Å². The summed E-state index contributed by atoms with van der Waals surface area (Å²) in [7, 11) is 1.75. The van der Waals surface area contributed by atoms with Crippen LogP contribution < -0.4 is 10.1 Å². The van der Waals surface area contributed by atoms with Crippen LogP contribution in [0, 0.1) is 0 Å². The number of aliphatic hydroxyl groups is 1. The van der Waals surface area contributed by atoms with Crippen molar-refractivity contribution in [1.29, 1.82) is 0 Å². The third kappa shape index (κ3) is 5.36. The van der Waals surface area contributed by atoms with E-state index in [2.05, 4.69) is 5.32 Å². The van der Waals surface area contributed by atoms with Crippen molar-refractivity contribution >= 4 is 5.97 Å². The third-order valence-corrected chi connectivity index (χ3v) is 3.45. The average molecular weight is 295 g/mol. The van der Waals surface area contributed by atoms with Crippen LogP contribution in [0.5, 0.6) is 5.75 Å². The van der Waals surface area contributed by atoms with Crippen molar-refractivity contribution < 1.29 is 19.4 Å². The summed E-state index contributed by atoms with van der Waals surface area (Å²) < 4.78 is 10.7. The maximum absolute atomic E-state index is 11.9. The van der Waals surface area contributed by atoms with Gasteiger partial charge in [0.15, 0.2) is 0 Å². The number of benzene rings is 1. The lowest BCUT2D eigenvalue weighted by Gasteiger charge is -2.26. The van der Waals surface area contributed by atoms with Gasteiger partial charge in [0.05, 0.1) is 19.8 Å². The zero-order valence-corrected chi connectivity index (χ0v) is 13.0. The normalized spacial score (nSPS) is 13.5. The Morgan fingerprint density at radius 1 is 1.43 bits per heavy atom. The molecule has 2 N–H and O–H groups in total. The first-order chi connectivity index (χ1) is 10.1. The van der Waals surface area contributed by atoms with E-state index in [0.29, 0.717) is 19.6 Å². The van der Waals surface area contributed by atoms with Crippen molar-refractivity contribution in [3.8, 4) is 5.75 Å². The highest BCUT2D eigenvalue weighted by atomic mass is 16.5. The summed E-state index contributed by atoms with van der Waals surface area (Å²) in [5.74, 6) is 0.485. The van der Waals surface area contributed by atoms with Crippen molar-refractivity contribution in [3.05, 3.63) is 29.8 Å². The van der Waals surface area contributed by atoms with Gasteiger partial charge in [0.2, 0.25) is 0 Å². The Bertz CT molecular complexity index is 450. The van der Waals surface area contributed by atoms with Crippen LogP contribution in [0.15, 0.2) is 24.3 Å². The molecule has 5 nitrogen and oxygen atoms in total. The van der Waals surface area contributed by atoms with Crippen LogP contribution in [0.25, 0.3) is 0 Å². The first kappa shape index (κ1) is 17.5. The minimum atomic E-state index is -0.688. The highest BCUT2D eigenvalue weighted by Gasteiger charge is 2.32. The van der Waals surface area contributed by atoms with Crippen molar-refractivity contribution in [2.45, 2.75) is 38.8 Å². The van der Waals surface area contributed by atoms with Crippen LogP contribution in [-0.2, 0) is 16.1 Å². The van der Waals surface area contributed by atoms with E-state index in [1.807, 2.05) is 31.2 Å². The molecule has 1 unspecified atom stereocenters. The second kappa shape index (κ2) is 8.64. The fourth-order valence-electron chi connectivity index (χ4n) is 1.97. The molecule has 0 aliphatic heterocycles. The monoisotopic (exact) mass is 295 g/mol. The molecule has 0 heterocycles. The van der Waals surface area contributed by atoms with Gasteiger partial charge < -0.3 is 19.9 Å². The average Bonchev–Trinajstić information content (AvgIpc) is 2.51. The molecular formula is C16H25NO4. The summed E-state index contributed by atoms with van der Waals surface area (Å²) in [5.41, 5.74) is 0.130. The third-order valence-electron chi connectivity index (χ3n) is 3.45. The second-order valence-electron chi connectivity index (χ2n) is 5.06. The largest absolute Gasteiger partial charge is 0.494 e. The molecule has 0 bridgehead atoms. The molecule has 0 fully saturated rings. The van der Waals surface area contributed by atoms with Crippen LogP contribution in [0.4, 0.5) is 0 Å². The minimum Gasteiger partial charge on any atom is -0.494 e. The molecule has 21 heavy (non-hydrogen) atoms. The Morgan fingerprint density at radius 2 is 2.19 bits per heavy atom. The summed E-state index contributed by atoms with van der Waals surface area (Å²) in [5, 5.41) is 12.1. The van der Waals surface area contributed by atoms with Gasteiger partial charge in [-0.2, -0.15) is 0 Å². The Hall–Kier alpha value is -1.59. The lowest BCUT2D eigenvalue weighted by atomic mass is 9.96. The first-order valence-electron chi connectivity index (χ1n) is 7.24. The number of rotatable bonds is 9. The highest BCUT2D eigenvalue weighted by Crippen LogP contribution is 2.17. The second-order valence-corrected chi connectivity index (χ2v) is 5.06. The number of esters is 1. The summed E-state index contributed by atoms with van der Waals surface area (Å²) in [6.07, 6.45) is 1.35. The van der Waals surface area contributed by atoms with Gasteiger partial charge in [-0.1, -0.05) is 12.1 Å². The zero-order valence-electron chi connectivity index (χ0n) is 13.0. The van der Waals surface area contributed by atoms with E-state index in [4.69, 9.17) is 14.6 Å². The fourth-order valence-corrected chi connectivity index (χ4v) is 1.97. The molecule has 0 aliphatic carbocycles. The molecule has 0 radical (unpaired) electrons. The van der Waals surface area contributed by atoms with Gasteiger partial charge in [-0.25, -0.2) is 0 Å². The lowest BCUT2D eigenvalue weighted by Crippen LogP contribution is -2.48. The maximum atomic E-state index is 11.9. The zero-order chi connectivity index (χ0) is 15.7. The van der Waals surface area contributed by atoms with E-state index in [1.165, 1.54) is 0 Å². The van der Waals surface area contributed by atoms with E-state index < -0.39 is 5.54 Å². The van der Waals surface area contributed by atoms with Crippen molar-refractivity contribution in [2.75, 3.05) is 20.3 Å². The summed E-state index contributed by atoms with van der Waals surface area (Å²) in [4.78, 5) is 11.9. The molecule has 1 atom stereocenters. The van der Waals surface area contributed by atoms with Crippen LogP contribution in [0.3, 0.4) is 0 Å². The number of aliphatic hydroxyl groups excluding tert-OH is 1. The number of likely N-dealkylation sites (N-methyl/N-ethyl adjacent to an activating group) is 1. The molecule has 118 valence electrons. The molecule has 0 saturated heterocycles. The van der Waals surface area contributed by atoms with E-state index in [9.17, 15) is 4.79 Å². The van der Waals surface area contributed by atoms with Crippen molar-refractivity contribution in [1.82, 2.24) is 5.32 Å². The molecule has 1 rings (SSSR count). The van der Waals surface area contributed by atoms with Gasteiger partial charge in [0.1, 0.15) is 11.3 Å². The number of nitrogens with one attached hydrogen (secondary N) is 1. The number of hydrogen-bond donors (Lipinski definition) is 2. The minimum absolute atomic E-state index is 0.00210. The Morgan fingerprint density at radius 3 is 2.81 bits per heavy atom. The Balaban J connectivity index is 2.42. The van der Waals surface area contributed by atoms with Crippen LogP contribution in [0.1, 0.15) is 32.3 Å². The smallest absolute Gasteiger partial charge is 0.326 e. The van der Waals surface area contributed by atoms with E-state index in [-0.39, 0.29) is 12.6 Å². The molecule has 0 amide bonds. The van der Waals surface area contributed by atoms with E-state index in [0.717, 1.165) is 17.7 Å². The van der Waals surface area contributed by atoms with Gasteiger partial charge in [-0.05, 0) is 51.4 Å². The van der Waals surface area contributed by atoms with E-state index in [1.54, 1.807) is 14.0 Å². The number of carbonyl (C=O) groups is 1. The maximum Gasteiger partial charge on any atom is 0.326 e. The lowest BCUT2D eigenvalue weighted by molar-refractivity contribution is -0.150. The SMILES string of the molecule is CCOC(=O)C(C)(CCCOc1cccc(CO)c1)NC. The number of ether oxygens (including phenoxy) is 2. The molecule has 0 saturated carbocycles. The first-order valence-corrected chi connectivity index (χ1v) is 7.24. The number of hydrogen-bond acceptors (Lipinski definition) is 5. The summed E-state index contributed by atoms with van der Waals surface area (Å²) in [6, 6.07) is 7.34. The molecular weight excluding hydrogens is 270 g/mol. The van der Waals surface area contributed by atoms with Gasteiger partial charge in [-0.3, -0.25) is 4.79 Å². The van der Waals surface area contributed by atoms with Gasteiger partial charge >= 0.3 is 5.97 Å². The molecule has 1 aromatic rings. The topological polar surface area (TPSA) is 67.8 Å². The predicted octanol–water partition coefficient (Wildman–Crippen LogP) is 1.88. The summed E-state index contributed by atoms with van der Waals surface area (Å²) >= 11 is 0. The van der Waals surface area contributed by atoms with Crippen LogP contribution >= 0.6 is 0 Å². The van der Waals surface area contributed by atoms with Crippen LogP contribution in [0.2, 0.25) is 0 Å². The fraction of sp³-hybridized carbons (Fsp3) is 0.562. The van der Waals surface area contributed by atoms with Crippen molar-refractivity contribution in [2.24, 2.45) is 0 Å². The quantitative estimate of drug-likeness (QED) is 0.538. The highest BCUT2D eigenvalue weighted by molar-refractivity contribution is 5.80. The molecule has 0 aromatic heterocycles. The standard InChI is InChI=1S/C16H25NO4/c1-4-20-15(19)16(2,17-3)9-6-10-21-14-8-5-7-13(11-14)12-18/h5,7-8,11,17-18H,4,6,9-10,12H2,1-3H3.